The lowest BCUT2D eigenvalue weighted by Crippen LogP contribution is -1.99. The monoisotopic (exact) mass is 514 g/mol. The van der Waals surface area contributed by atoms with Gasteiger partial charge in [-0.05, 0) is 53.6 Å². The molecular weight excluding hydrogens is 492 g/mol. The number of para-hydroxylation sites is 4. The van der Waals surface area contributed by atoms with Crippen LogP contribution in [0.4, 0.5) is 0 Å². The minimum Gasteiger partial charge on any atom is -0.455 e. The lowest BCUT2D eigenvalue weighted by Gasteiger charge is -2.09. The molecule has 0 spiro atoms. The summed E-state index contributed by atoms with van der Waals surface area (Å²) in [5.41, 5.74) is 8.61. The van der Waals surface area contributed by atoms with Crippen LogP contribution in [-0.2, 0) is 0 Å². The average Bonchev–Trinajstić information content (AvgIpc) is 3.60. The highest BCUT2D eigenvalue weighted by Crippen LogP contribution is 2.37. The van der Waals surface area contributed by atoms with E-state index in [1.54, 1.807) is 0 Å². The second-order valence-corrected chi connectivity index (χ2v) is 9.75. The molecule has 0 aliphatic heterocycles. The first-order valence-electron chi connectivity index (χ1n) is 13.2. The van der Waals surface area contributed by atoms with Crippen molar-refractivity contribution in [1.82, 2.24) is 19.5 Å². The van der Waals surface area contributed by atoms with Crippen LogP contribution in [0.15, 0.2) is 138 Å². The lowest BCUT2D eigenvalue weighted by molar-refractivity contribution is 0.669. The van der Waals surface area contributed by atoms with E-state index in [0.717, 1.165) is 66.7 Å². The summed E-state index contributed by atoms with van der Waals surface area (Å²) >= 11 is 0. The van der Waals surface area contributed by atoms with Gasteiger partial charge in [-0.3, -0.25) is 4.57 Å². The van der Waals surface area contributed by atoms with Crippen molar-refractivity contribution in [3.05, 3.63) is 134 Å². The molecule has 40 heavy (non-hydrogen) atoms. The summed E-state index contributed by atoms with van der Waals surface area (Å²) in [6, 6.07) is 41.2. The number of benzene rings is 5. The van der Waals surface area contributed by atoms with E-state index >= 15 is 0 Å². The van der Waals surface area contributed by atoms with E-state index in [4.69, 9.17) is 19.4 Å². The zero-order chi connectivity index (χ0) is 26.5. The van der Waals surface area contributed by atoms with Gasteiger partial charge in [-0.1, -0.05) is 78.9 Å². The Kier molecular flexibility index (Phi) is 5.07. The van der Waals surface area contributed by atoms with Crippen LogP contribution < -0.4 is 0 Å². The Morgan fingerprint density at radius 1 is 0.575 bits per heavy atom. The number of aromatic nitrogens is 4. The molecule has 0 N–H and O–H groups in total. The van der Waals surface area contributed by atoms with Crippen molar-refractivity contribution in [2.75, 3.05) is 0 Å². The molecule has 3 aromatic heterocycles. The summed E-state index contributed by atoms with van der Waals surface area (Å²) in [7, 11) is 0. The molecule has 188 valence electrons. The minimum atomic E-state index is 0.610. The van der Waals surface area contributed by atoms with Gasteiger partial charge in [-0.25, -0.2) is 15.0 Å². The van der Waals surface area contributed by atoms with Crippen molar-refractivity contribution in [3.63, 3.8) is 0 Å². The molecule has 0 unspecified atom stereocenters. The highest BCUT2D eigenvalue weighted by Gasteiger charge is 2.17. The number of hydrogen-bond acceptors (Lipinski definition) is 4. The molecule has 0 saturated carbocycles. The Labute approximate surface area is 230 Å². The minimum absolute atomic E-state index is 0.610. The molecule has 0 aliphatic rings. The van der Waals surface area contributed by atoms with Gasteiger partial charge in [0.1, 0.15) is 17.0 Å². The Morgan fingerprint density at radius 2 is 1.32 bits per heavy atom. The second-order valence-electron chi connectivity index (χ2n) is 9.75. The molecule has 8 rings (SSSR count). The number of rotatable bonds is 4. The Hall–Kier alpha value is -5.55. The molecule has 5 nitrogen and oxygen atoms in total. The molecule has 0 bridgehead atoms. The normalized spacial score (nSPS) is 11.5. The van der Waals surface area contributed by atoms with E-state index in [0.29, 0.717) is 5.82 Å². The summed E-state index contributed by atoms with van der Waals surface area (Å²) in [6.07, 6.45) is 3.69. The third-order valence-corrected chi connectivity index (χ3v) is 7.33. The molecule has 5 aromatic carbocycles. The number of furan rings is 1. The van der Waals surface area contributed by atoms with Gasteiger partial charge in [0.05, 0.1) is 22.2 Å². The van der Waals surface area contributed by atoms with Gasteiger partial charge in [0.25, 0.3) is 0 Å². The van der Waals surface area contributed by atoms with Crippen molar-refractivity contribution in [2.24, 2.45) is 0 Å². The van der Waals surface area contributed by atoms with Gasteiger partial charge in [0.15, 0.2) is 5.82 Å². The van der Waals surface area contributed by atoms with Gasteiger partial charge < -0.3 is 4.42 Å². The quantitative estimate of drug-likeness (QED) is 0.236. The van der Waals surface area contributed by atoms with E-state index in [2.05, 4.69) is 59.2 Å². The van der Waals surface area contributed by atoms with Crippen LogP contribution in [0.25, 0.3) is 72.6 Å². The molecular formula is C35H22N4O. The maximum atomic E-state index is 6.44. The Balaban J connectivity index is 1.23. The standard InChI is InChI=1S/C35H22N4O/c1-3-10-23(11-4-1)24-18-19-27-28-14-9-15-29(33(28)40-32(27)20-24)34-36-21-25(22-37-34)35-38-30-16-7-8-17-31(30)39(35)26-12-5-2-6-13-26/h1-22H. The smallest absolute Gasteiger partial charge is 0.162 e. The van der Waals surface area contributed by atoms with Gasteiger partial charge in [-0.15, -0.1) is 0 Å². The molecule has 0 fully saturated rings. The first kappa shape index (κ1) is 22.4. The summed E-state index contributed by atoms with van der Waals surface area (Å²) in [6.45, 7) is 0. The maximum Gasteiger partial charge on any atom is 0.162 e. The number of nitrogens with zero attached hydrogens (tertiary/aromatic N) is 4. The highest BCUT2D eigenvalue weighted by molar-refractivity contribution is 6.09. The largest absolute Gasteiger partial charge is 0.455 e. The molecule has 0 amide bonds. The summed E-state index contributed by atoms with van der Waals surface area (Å²) in [5, 5.41) is 2.12. The zero-order valence-electron chi connectivity index (χ0n) is 21.4. The average molecular weight is 515 g/mol. The van der Waals surface area contributed by atoms with Crippen LogP contribution in [0.3, 0.4) is 0 Å². The molecule has 5 heteroatoms. The predicted octanol–water partition coefficient (Wildman–Crippen LogP) is 8.72. The van der Waals surface area contributed by atoms with E-state index < -0.39 is 0 Å². The van der Waals surface area contributed by atoms with Crippen LogP contribution in [0.5, 0.6) is 0 Å². The summed E-state index contributed by atoms with van der Waals surface area (Å²) < 4.78 is 8.59. The van der Waals surface area contributed by atoms with Crippen molar-refractivity contribution >= 4 is 33.0 Å². The van der Waals surface area contributed by atoms with E-state index in [-0.39, 0.29) is 0 Å². The van der Waals surface area contributed by atoms with Gasteiger partial charge in [0.2, 0.25) is 0 Å². The third-order valence-electron chi connectivity index (χ3n) is 7.33. The molecule has 3 heterocycles. The first-order valence-corrected chi connectivity index (χ1v) is 13.2. The van der Waals surface area contributed by atoms with Crippen LogP contribution in [0.2, 0.25) is 0 Å². The topological polar surface area (TPSA) is 56.7 Å². The molecule has 0 atom stereocenters. The molecule has 0 saturated heterocycles. The molecule has 0 radical (unpaired) electrons. The molecule has 8 aromatic rings. The van der Waals surface area contributed by atoms with Gasteiger partial charge in [0, 0.05) is 28.9 Å². The van der Waals surface area contributed by atoms with Crippen LogP contribution >= 0.6 is 0 Å². The summed E-state index contributed by atoms with van der Waals surface area (Å²) in [5.74, 6) is 1.41. The van der Waals surface area contributed by atoms with Crippen LogP contribution in [-0.4, -0.2) is 19.5 Å². The van der Waals surface area contributed by atoms with Gasteiger partial charge in [-0.2, -0.15) is 0 Å². The third kappa shape index (κ3) is 3.60. The van der Waals surface area contributed by atoms with Crippen LogP contribution in [0, 0.1) is 0 Å². The van der Waals surface area contributed by atoms with Crippen molar-refractivity contribution in [1.29, 1.82) is 0 Å². The summed E-state index contributed by atoms with van der Waals surface area (Å²) in [4.78, 5) is 14.5. The zero-order valence-corrected chi connectivity index (χ0v) is 21.4. The fourth-order valence-electron chi connectivity index (χ4n) is 5.43. The van der Waals surface area contributed by atoms with Crippen molar-refractivity contribution < 1.29 is 4.42 Å². The predicted molar refractivity (Wildman–Crippen MR) is 160 cm³/mol. The number of fused-ring (bicyclic) bond motifs is 4. The Morgan fingerprint density at radius 3 is 2.15 bits per heavy atom. The maximum absolute atomic E-state index is 6.44. The second kappa shape index (κ2) is 9.03. The van der Waals surface area contributed by atoms with Crippen molar-refractivity contribution in [3.8, 4) is 39.6 Å². The number of imidazole rings is 1. The highest BCUT2D eigenvalue weighted by atomic mass is 16.3. The van der Waals surface area contributed by atoms with E-state index in [1.165, 1.54) is 0 Å². The van der Waals surface area contributed by atoms with Crippen molar-refractivity contribution in [2.45, 2.75) is 0 Å². The fourth-order valence-corrected chi connectivity index (χ4v) is 5.43. The van der Waals surface area contributed by atoms with Crippen LogP contribution in [0.1, 0.15) is 0 Å². The number of hydrogen-bond donors (Lipinski definition) is 0. The molecule has 0 aliphatic carbocycles. The lowest BCUT2D eigenvalue weighted by atomic mass is 10.0. The SMILES string of the molecule is c1ccc(-c2ccc3c(c2)oc2c(-c4ncc(-c5nc6ccccc6n5-c5ccccc5)cn4)cccc23)cc1. The van der Waals surface area contributed by atoms with Gasteiger partial charge >= 0.3 is 0 Å². The first-order chi connectivity index (χ1) is 19.8. The van der Waals surface area contributed by atoms with E-state index in [9.17, 15) is 0 Å². The Bertz CT molecular complexity index is 2140. The van der Waals surface area contributed by atoms with E-state index in [1.807, 2.05) is 79.1 Å². The fraction of sp³-hybridized carbons (Fsp3) is 0.